The van der Waals surface area contributed by atoms with E-state index in [0.717, 1.165) is 37.0 Å². The summed E-state index contributed by atoms with van der Waals surface area (Å²) in [5.41, 5.74) is 1.45. The fourth-order valence-corrected chi connectivity index (χ4v) is 4.62. The average molecular weight is 488 g/mol. The first kappa shape index (κ1) is 24.0. The summed E-state index contributed by atoms with van der Waals surface area (Å²) in [6, 6.07) is 1.63. The Kier molecular flexibility index (Phi) is 7.32. The van der Waals surface area contributed by atoms with Crippen molar-refractivity contribution in [1.29, 1.82) is 0 Å². The van der Waals surface area contributed by atoms with Gasteiger partial charge in [0, 0.05) is 24.1 Å². The van der Waals surface area contributed by atoms with E-state index in [1.54, 1.807) is 19.9 Å². The molecule has 1 amide bonds. The summed E-state index contributed by atoms with van der Waals surface area (Å²) in [6.07, 6.45) is 6.31. The van der Waals surface area contributed by atoms with Gasteiger partial charge in [-0.25, -0.2) is 4.39 Å². The lowest BCUT2D eigenvalue weighted by Gasteiger charge is -2.26. The fraction of sp³-hybridized carbons (Fsp3) is 0.435. The lowest BCUT2D eigenvalue weighted by molar-refractivity contribution is 0.102. The van der Waals surface area contributed by atoms with E-state index in [9.17, 15) is 9.90 Å². The maximum atomic E-state index is 15.1. The van der Waals surface area contributed by atoms with Gasteiger partial charge in [-0.3, -0.25) is 20.1 Å². The summed E-state index contributed by atoms with van der Waals surface area (Å²) in [6.45, 7) is 3.50. The van der Waals surface area contributed by atoms with E-state index in [4.69, 9.17) is 9.47 Å². The molecule has 2 N–H and O–H groups in total. The summed E-state index contributed by atoms with van der Waals surface area (Å²) in [5, 5.41) is 20.6. The first-order chi connectivity index (χ1) is 16.4. The number of ether oxygens (including phenoxy) is 2. The molecule has 0 saturated heterocycles. The molecule has 0 radical (unpaired) electrons. The van der Waals surface area contributed by atoms with Crippen LogP contribution in [0.3, 0.4) is 0 Å². The van der Waals surface area contributed by atoms with Gasteiger partial charge < -0.3 is 14.6 Å². The SMILES string of the molecule is COc1cnc(C)c(F)c1-c1cc(C)ncc1C(=O)Nc1nnc(O[C@H]2CC[C@@H](CO)CC2)s1. The third kappa shape index (κ3) is 5.15. The maximum Gasteiger partial charge on any atom is 0.296 e. The minimum Gasteiger partial charge on any atom is -0.494 e. The Labute approximate surface area is 200 Å². The molecule has 1 fully saturated rings. The molecule has 1 aliphatic carbocycles. The van der Waals surface area contributed by atoms with Gasteiger partial charge in [-0.1, -0.05) is 5.10 Å². The number of aromatic nitrogens is 4. The van der Waals surface area contributed by atoms with Crippen molar-refractivity contribution in [2.75, 3.05) is 19.0 Å². The molecule has 11 heteroatoms. The molecule has 1 aliphatic rings. The molecule has 0 bridgehead atoms. The van der Waals surface area contributed by atoms with Crippen molar-refractivity contribution in [3.8, 4) is 22.1 Å². The highest BCUT2D eigenvalue weighted by atomic mass is 32.1. The van der Waals surface area contributed by atoms with Gasteiger partial charge in [0.2, 0.25) is 5.13 Å². The molecule has 34 heavy (non-hydrogen) atoms. The highest BCUT2D eigenvalue weighted by Gasteiger charge is 2.25. The second-order valence-electron chi connectivity index (χ2n) is 8.24. The molecule has 0 atom stereocenters. The van der Waals surface area contributed by atoms with E-state index in [1.165, 1.54) is 19.5 Å². The van der Waals surface area contributed by atoms with E-state index >= 15 is 4.39 Å². The number of aryl methyl sites for hydroxylation is 2. The third-order valence-electron chi connectivity index (χ3n) is 5.88. The van der Waals surface area contributed by atoms with Crippen molar-refractivity contribution >= 4 is 22.4 Å². The van der Waals surface area contributed by atoms with Crippen molar-refractivity contribution in [2.24, 2.45) is 5.92 Å². The number of aliphatic hydroxyl groups excluding tert-OH is 1. The molecule has 3 aromatic rings. The average Bonchev–Trinajstić information content (AvgIpc) is 3.27. The molecule has 0 aromatic carbocycles. The number of carbonyl (C=O) groups is 1. The van der Waals surface area contributed by atoms with E-state index < -0.39 is 11.7 Å². The van der Waals surface area contributed by atoms with Crippen molar-refractivity contribution in [3.63, 3.8) is 0 Å². The monoisotopic (exact) mass is 487 g/mol. The molecule has 1 saturated carbocycles. The van der Waals surface area contributed by atoms with Gasteiger partial charge in [0.15, 0.2) is 5.82 Å². The number of pyridine rings is 2. The number of nitrogens with zero attached hydrogens (tertiary/aromatic N) is 4. The number of nitrogens with one attached hydrogen (secondary N) is 1. The summed E-state index contributed by atoms with van der Waals surface area (Å²) in [7, 11) is 1.42. The van der Waals surface area contributed by atoms with Gasteiger partial charge in [0.25, 0.3) is 11.1 Å². The molecule has 0 aliphatic heterocycles. The molecule has 0 spiro atoms. The standard InChI is InChI=1S/C23H26FN5O4S/c1-12-8-16(19-18(32-3)10-26-13(2)20(19)24)17(9-25-12)21(31)27-22-28-29-23(34-22)33-15-6-4-14(11-30)5-7-15/h8-10,14-15,30H,4-7,11H2,1-3H3,(H,27,28,31)/t14-,15+. The van der Waals surface area contributed by atoms with Crippen LogP contribution in [-0.4, -0.2) is 51.0 Å². The van der Waals surface area contributed by atoms with Crippen LogP contribution in [0, 0.1) is 25.6 Å². The molecule has 9 nitrogen and oxygen atoms in total. The predicted molar refractivity (Wildman–Crippen MR) is 125 cm³/mol. The van der Waals surface area contributed by atoms with Gasteiger partial charge >= 0.3 is 0 Å². The number of methoxy groups -OCH3 is 1. The predicted octanol–water partition coefficient (Wildman–Crippen LogP) is 3.94. The van der Waals surface area contributed by atoms with Gasteiger partial charge in [-0.2, -0.15) is 0 Å². The van der Waals surface area contributed by atoms with Crippen molar-refractivity contribution in [2.45, 2.75) is 45.6 Å². The van der Waals surface area contributed by atoms with Crippen LogP contribution in [0.4, 0.5) is 9.52 Å². The van der Waals surface area contributed by atoms with Gasteiger partial charge in [-0.05, 0) is 62.9 Å². The van der Waals surface area contributed by atoms with Gasteiger partial charge in [-0.15, -0.1) is 5.10 Å². The van der Waals surface area contributed by atoms with E-state index in [2.05, 4.69) is 25.5 Å². The van der Waals surface area contributed by atoms with Crippen LogP contribution < -0.4 is 14.8 Å². The van der Waals surface area contributed by atoms with Crippen LogP contribution in [0.15, 0.2) is 18.5 Å². The molecule has 3 aromatic heterocycles. The van der Waals surface area contributed by atoms with E-state index in [-0.39, 0.29) is 40.4 Å². The van der Waals surface area contributed by atoms with Crippen molar-refractivity contribution in [1.82, 2.24) is 20.2 Å². The highest BCUT2D eigenvalue weighted by molar-refractivity contribution is 7.17. The van der Waals surface area contributed by atoms with Crippen molar-refractivity contribution < 1.29 is 23.8 Å². The Morgan fingerprint density at radius 1 is 1.21 bits per heavy atom. The lowest BCUT2D eigenvalue weighted by atomic mass is 9.88. The van der Waals surface area contributed by atoms with Crippen molar-refractivity contribution in [3.05, 3.63) is 41.2 Å². The number of halogens is 1. The smallest absolute Gasteiger partial charge is 0.296 e. The zero-order chi connectivity index (χ0) is 24.2. The van der Waals surface area contributed by atoms with Crippen LogP contribution >= 0.6 is 11.3 Å². The fourth-order valence-electron chi connectivity index (χ4n) is 3.97. The zero-order valence-corrected chi connectivity index (χ0v) is 20.0. The Hall–Kier alpha value is -3.18. The quantitative estimate of drug-likeness (QED) is 0.514. The van der Waals surface area contributed by atoms with E-state index in [1.807, 2.05) is 0 Å². The van der Waals surface area contributed by atoms with Gasteiger partial charge in [0.05, 0.1) is 30.1 Å². The van der Waals surface area contributed by atoms with E-state index in [0.29, 0.717) is 22.4 Å². The number of hydrogen-bond acceptors (Lipinski definition) is 9. The van der Waals surface area contributed by atoms with Crippen LogP contribution in [-0.2, 0) is 0 Å². The Bertz CT molecular complexity index is 1180. The number of hydrogen-bond donors (Lipinski definition) is 2. The van der Waals surface area contributed by atoms with Crippen LogP contribution in [0.25, 0.3) is 11.1 Å². The lowest BCUT2D eigenvalue weighted by Crippen LogP contribution is -2.25. The second kappa shape index (κ2) is 10.4. The molecule has 4 rings (SSSR count). The molecular weight excluding hydrogens is 461 g/mol. The molecule has 0 unspecified atom stereocenters. The minimum atomic E-state index is -0.568. The molecule has 3 heterocycles. The molecular formula is C23H26FN5O4S. The number of amides is 1. The van der Waals surface area contributed by atoms with Gasteiger partial charge in [0.1, 0.15) is 11.9 Å². The Morgan fingerprint density at radius 2 is 1.97 bits per heavy atom. The first-order valence-corrected chi connectivity index (χ1v) is 11.8. The topological polar surface area (TPSA) is 119 Å². The Balaban J connectivity index is 1.54. The zero-order valence-electron chi connectivity index (χ0n) is 19.2. The largest absolute Gasteiger partial charge is 0.494 e. The summed E-state index contributed by atoms with van der Waals surface area (Å²) in [5.74, 6) is -0.537. The number of carbonyl (C=O) groups excluding carboxylic acids is 1. The Morgan fingerprint density at radius 3 is 2.68 bits per heavy atom. The molecule has 180 valence electrons. The first-order valence-electron chi connectivity index (χ1n) is 11.0. The normalized spacial score (nSPS) is 17.9. The highest BCUT2D eigenvalue weighted by Crippen LogP contribution is 2.36. The second-order valence-corrected chi connectivity index (χ2v) is 9.18. The summed E-state index contributed by atoms with van der Waals surface area (Å²) in [4.78, 5) is 21.3. The number of aliphatic hydroxyl groups is 1. The van der Waals surface area contributed by atoms with Crippen LogP contribution in [0.5, 0.6) is 10.9 Å². The summed E-state index contributed by atoms with van der Waals surface area (Å²) < 4.78 is 26.3. The van der Waals surface area contributed by atoms with Crippen LogP contribution in [0.1, 0.15) is 47.4 Å². The third-order valence-corrected chi connectivity index (χ3v) is 6.61. The number of anilines is 1. The number of rotatable bonds is 7. The van der Waals surface area contributed by atoms with Crippen LogP contribution in [0.2, 0.25) is 0 Å². The summed E-state index contributed by atoms with van der Waals surface area (Å²) >= 11 is 1.12. The maximum absolute atomic E-state index is 15.1. The minimum absolute atomic E-state index is 0.0116.